The van der Waals surface area contributed by atoms with Crippen LogP contribution in [0.25, 0.3) is 20.2 Å². The molecule has 2 heterocycles. The lowest BCUT2D eigenvalue weighted by Crippen LogP contribution is -2.30. The quantitative estimate of drug-likeness (QED) is 0.308. The summed E-state index contributed by atoms with van der Waals surface area (Å²) in [6, 6.07) is 10.9. The molecule has 1 aromatic heterocycles. The SMILES string of the molecule is CCCCCCCCN1C(=O)c2ccc3sc4ccccc4c(=O)c3c2C1=O. The lowest BCUT2D eigenvalue weighted by molar-refractivity contribution is 0.0652. The minimum absolute atomic E-state index is 0.163. The summed E-state index contributed by atoms with van der Waals surface area (Å²) in [6.45, 7) is 2.60. The number of nitrogens with zero attached hydrogens (tertiary/aromatic N) is 1. The molecule has 0 atom stereocenters. The average Bonchev–Trinajstić information content (AvgIpc) is 2.95. The molecule has 1 aliphatic rings. The smallest absolute Gasteiger partial charge is 0.262 e. The van der Waals surface area contributed by atoms with Crippen LogP contribution >= 0.6 is 11.3 Å². The van der Waals surface area contributed by atoms with E-state index in [-0.39, 0.29) is 17.2 Å². The summed E-state index contributed by atoms with van der Waals surface area (Å²) >= 11 is 1.48. The molecule has 0 saturated heterocycles. The molecule has 3 aromatic rings. The van der Waals surface area contributed by atoms with Crippen LogP contribution in [0.3, 0.4) is 0 Å². The molecule has 0 saturated carbocycles. The van der Waals surface area contributed by atoms with Crippen LogP contribution in [0.4, 0.5) is 0 Å². The monoisotopic (exact) mass is 393 g/mol. The van der Waals surface area contributed by atoms with Crippen molar-refractivity contribution in [2.75, 3.05) is 6.54 Å². The van der Waals surface area contributed by atoms with Crippen LogP contribution in [-0.4, -0.2) is 23.3 Å². The molecule has 0 aliphatic carbocycles. The van der Waals surface area contributed by atoms with Crippen molar-refractivity contribution in [3.8, 4) is 0 Å². The second-order valence-electron chi connectivity index (χ2n) is 7.32. The van der Waals surface area contributed by atoms with E-state index in [2.05, 4.69) is 6.92 Å². The molecular formula is C23H23NO3S. The topological polar surface area (TPSA) is 54.5 Å². The lowest BCUT2D eigenvalue weighted by atomic mass is 10.0. The number of benzene rings is 2. The number of carbonyl (C=O) groups excluding carboxylic acids is 2. The Morgan fingerprint density at radius 3 is 2.39 bits per heavy atom. The summed E-state index contributed by atoms with van der Waals surface area (Å²) in [5.74, 6) is -0.591. The van der Waals surface area contributed by atoms with Gasteiger partial charge in [0.1, 0.15) is 0 Å². The van der Waals surface area contributed by atoms with Crippen LogP contribution in [0.5, 0.6) is 0 Å². The maximum Gasteiger partial charge on any atom is 0.262 e. The van der Waals surface area contributed by atoms with E-state index >= 15 is 0 Å². The zero-order chi connectivity index (χ0) is 19.7. The number of hydrogen-bond donors (Lipinski definition) is 0. The van der Waals surface area contributed by atoms with Gasteiger partial charge in [-0.05, 0) is 30.7 Å². The molecule has 1 aliphatic heterocycles. The molecule has 0 N–H and O–H groups in total. The zero-order valence-corrected chi connectivity index (χ0v) is 16.8. The Balaban J connectivity index is 1.67. The van der Waals surface area contributed by atoms with Crippen LogP contribution in [0.2, 0.25) is 0 Å². The van der Waals surface area contributed by atoms with Gasteiger partial charge >= 0.3 is 0 Å². The molecule has 0 spiro atoms. The predicted molar refractivity (Wildman–Crippen MR) is 114 cm³/mol. The number of imide groups is 1. The summed E-state index contributed by atoms with van der Waals surface area (Å²) in [7, 11) is 0. The summed E-state index contributed by atoms with van der Waals surface area (Å²) in [4.78, 5) is 40.3. The summed E-state index contributed by atoms with van der Waals surface area (Å²) in [5.41, 5.74) is 0.493. The molecule has 2 amide bonds. The Bertz CT molecular complexity index is 1130. The Hall–Kier alpha value is -2.53. The fourth-order valence-corrected chi connectivity index (χ4v) is 5.00. The molecule has 0 bridgehead atoms. The van der Waals surface area contributed by atoms with Crippen molar-refractivity contribution in [2.45, 2.75) is 45.4 Å². The molecular weight excluding hydrogens is 370 g/mol. The van der Waals surface area contributed by atoms with Gasteiger partial charge in [-0.2, -0.15) is 0 Å². The van der Waals surface area contributed by atoms with Gasteiger partial charge in [0.05, 0.1) is 16.5 Å². The van der Waals surface area contributed by atoms with Crippen molar-refractivity contribution in [3.63, 3.8) is 0 Å². The van der Waals surface area contributed by atoms with Crippen molar-refractivity contribution in [3.05, 3.63) is 57.7 Å². The Labute approximate surface area is 167 Å². The van der Waals surface area contributed by atoms with E-state index in [1.54, 1.807) is 18.2 Å². The van der Waals surface area contributed by atoms with Crippen molar-refractivity contribution in [2.24, 2.45) is 0 Å². The first-order valence-corrected chi connectivity index (χ1v) is 10.8. The standard InChI is InChI=1S/C23H23NO3S/c1-2-3-4-5-6-9-14-24-22(26)16-12-13-18-20(19(16)23(24)27)21(25)15-10-7-8-11-17(15)28-18/h7-8,10-13H,2-6,9,14H2,1H3. The maximum absolute atomic E-state index is 13.1. The fourth-order valence-electron chi connectivity index (χ4n) is 3.92. The van der Waals surface area contributed by atoms with Crippen LogP contribution in [0.15, 0.2) is 41.2 Å². The molecule has 0 fully saturated rings. The van der Waals surface area contributed by atoms with Gasteiger partial charge in [-0.1, -0.05) is 51.2 Å². The van der Waals surface area contributed by atoms with Gasteiger partial charge in [-0.15, -0.1) is 11.3 Å². The molecule has 4 rings (SSSR count). The summed E-state index contributed by atoms with van der Waals surface area (Å²) < 4.78 is 1.64. The number of rotatable bonds is 7. The third kappa shape index (κ3) is 3.14. The van der Waals surface area contributed by atoms with E-state index in [4.69, 9.17) is 0 Å². The van der Waals surface area contributed by atoms with E-state index < -0.39 is 0 Å². The molecule has 0 unspecified atom stereocenters. The van der Waals surface area contributed by atoms with E-state index in [1.165, 1.54) is 35.5 Å². The number of carbonyl (C=O) groups is 2. The summed E-state index contributed by atoms with van der Waals surface area (Å²) in [5, 5.41) is 0.994. The van der Waals surface area contributed by atoms with Gasteiger partial charge in [0.15, 0.2) is 5.43 Å². The highest BCUT2D eigenvalue weighted by molar-refractivity contribution is 7.24. The van der Waals surface area contributed by atoms with Crippen LogP contribution in [0.1, 0.15) is 66.2 Å². The van der Waals surface area contributed by atoms with E-state index in [1.807, 2.05) is 18.2 Å². The highest BCUT2D eigenvalue weighted by atomic mass is 32.1. The highest BCUT2D eigenvalue weighted by Gasteiger charge is 2.37. The normalized spacial score (nSPS) is 13.7. The first-order chi connectivity index (χ1) is 13.6. The Morgan fingerprint density at radius 1 is 0.821 bits per heavy atom. The molecule has 144 valence electrons. The minimum Gasteiger partial charge on any atom is -0.288 e. The number of hydrogen-bond acceptors (Lipinski definition) is 4. The first kappa shape index (κ1) is 18.8. The third-order valence-electron chi connectivity index (χ3n) is 5.42. The van der Waals surface area contributed by atoms with Crippen molar-refractivity contribution in [1.82, 2.24) is 4.90 Å². The molecule has 28 heavy (non-hydrogen) atoms. The first-order valence-electron chi connectivity index (χ1n) is 9.98. The summed E-state index contributed by atoms with van der Waals surface area (Å²) in [6.07, 6.45) is 6.55. The van der Waals surface area contributed by atoms with Gasteiger partial charge in [0.25, 0.3) is 11.8 Å². The van der Waals surface area contributed by atoms with Crippen LogP contribution in [0, 0.1) is 0 Å². The second-order valence-corrected chi connectivity index (χ2v) is 8.40. The van der Waals surface area contributed by atoms with Gasteiger partial charge in [0.2, 0.25) is 0 Å². The number of unbranched alkanes of at least 4 members (excludes halogenated alkanes) is 5. The molecule has 2 aromatic carbocycles. The van der Waals surface area contributed by atoms with Crippen molar-refractivity contribution < 1.29 is 9.59 Å². The van der Waals surface area contributed by atoms with E-state index in [9.17, 15) is 14.4 Å². The highest BCUT2D eigenvalue weighted by Crippen LogP contribution is 2.33. The lowest BCUT2D eigenvalue weighted by Gasteiger charge is -2.13. The zero-order valence-electron chi connectivity index (χ0n) is 16.0. The van der Waals surface area contributed by atoms with Crippen LogP contribution < -0.4 is 5.43 Å². The van der Waals surface area contributed by atoms with Crippen LogP contribution in [-0.2, 0) is 0 Å². The Morgan fingerprint density at radius 2 is 1.57 bits per heavy atom. The molecule has 5 heteroatoms. The van der Waals surface area contributed by atoms with E-state index in [0.717, 1.165) is 28.7 Å². The van der Waals surface area contributed by atoms with Crippen molar-refractivity contribution >= 4 is 43.3 Å². The third-order valence-corrected chi connectivity index (χ3v) is 6.55. The average molecular weight is 394 g/mol. The second kappa shape index (κ2) is 7.84. The minimum atomic E-state index is -0.321. The van der Waals surface area contributed by atoms with Gasteiger partial charge in [-0.25, -0.2) is 0 Å². The largest absolute Gasteiger partial charge is 0.288 e. The van der Waals surface area contributed by atoms with Gasteiger partial charge in [-0.3, -0.25) is 19.3 Å². The maximum atomic E-state index is 13.1. The fraction of sp³-hybridized carbons (Fsp3) is 0.348. The van der Waals surface area contributed by atoms with Gasteiger partial charge < -0.3 is 0 Å². The van der Waals surface area contributed by atoms with Gasteiger partial charge in [0, 0.05) is 21.3 Å². The van der Waals surface area contributed by atoms with E-state index in [0.29, 0.717) is 28.4 Å². The number of amides is 2. The predicted octanol–water partition coefficient (Wildman–Crippen LogP) is 5.37. The molecule has 4 nitrogen and oxygen atoms in total. The van der Waals surface area contributed by atoms with Crippen molar-refractivity contribution in [1.29, 1.82) is 0 Å². The molecule has 0 radical (unpaired) electrons. The number of fused-ring (bicyclic) bond motifs is 4. The Kier molecular flexibility index (Phi) is 5.27.